The molecule has 0 amide bonds. The van der Waals surface area contributed by atoms with Gasteiger partial charge in [0.2, 0.25) is 0 Å². The van der Waals surface area contributed by atoms with Crippen LogP contribution in [0.2, 0.25) is 0 Å². The third-order valence-corrected chi connectivity index (χ3v) is 2.99. The van der Waals surface area contributed by atoms with Crippen molar-refractivity contribution in [3.05, 3.63) is 59.7 Å². The van der Waals surface area contributed by atoms with Gasteiger partial charge in [0.1, 0.15) is 11.5 Å². The zero-order valence-corrected chi connectivity index (χ0v) is 10.2. The first-order valence-corrected chi connectivity index (χ1v) is 5.86. The van der Waals surface area contributed by atoms with E-state index in [-0.39, 0.29) is 17.9 Å². The first-order chi connectivity index (χ1) is 9.08. The Morgan fingerprint density at radius 2 is 1.79 bits per heavy atom. The van der Waals surface area contributed by atoms with Crippen molar-refractivity contribution >= 4 is 5.97 Å². The zero-order valence-electron chi connectivity index (χ0n) is 10.2. The summed E-state index contributed by atoms with van der Waals surface area (Å²) in [6.45, 7) is 0. The molecule has 0 spiro atoms. The van der Waals surface area contributed by atoms with Crippen molar-refractivity contribution in [1.29, 1.82) is 0 Å². The summed E-state index contributed by atoms with van der Waals surface area (Å²) in [6.07, 6.45) is 0.172. The molecular weight excluding hydrogens is 244 g/mol. The van der Waals surface area contributed by atoms with Crippen LogP contribution in [0.5, 0.6) is 11.5 Å². The normalized spacial score (nSPS) is 12.0. The summed E-state index contributed by atoms with van der Waals surface area (Å²) >= 11 is 0. The fourth-order valence-electron chi connectivity index (χ4n) is 1.99. The Hall–Kier alpha value is -2.49. The lowest BCUT2D eigenvalue weighted by atomic mass is 9.91. The van der Waals surface area contributed by atoms with E-state index in [1.807, 2.05) is 0 Å². The van der Waals surface area contributed by atoms with Crippen molar-refractivity contribution in [2.45, 2.75) is 12.3 Å². The van der Waals surface area contributed by atoms with Crippen LogP contribution in [0.15, 0.2) is 48.5 Å². The highest BCUT2D eigenvalue weighted by molar-refractivity contribution is 5.76. The van der Waals surface area contributed by atoms with E-state index in [0.717, 1.165) is 0 Å². The van der Waals surface area contributed by atoms with E-state index in [1.54, 1.807) is 30.3 Å². The fourth-order valence-corrected chi connectivity index (χ4v) is 1.99. The molecule has 0 aliphatic rings. The average Bonchev–Trinajstić information content (AvgIpc) is 2.37. The molecule has 2 rings (SSSR count). The summed E-state index contributed by atoms with van der Waals surface area (Å²) in [4.78, 5) is 11.4. The molecule has 0 radical (unpaired) electrons. The Labute approximate surface area is 110 Å². The highest BCUT2D eigenvalue weighted by atomic mass is 16.4. The van der Waals surface area contributed by atoms with Crippen LogP contribution in [0.4, 0.5) is 0 Å². The van der Waals surface area contributed by atoms with Gasteiger partial charge in [-0.3, -0.25) is 4.79 Å². The largest absolute Gasteiger partial charge is 0.508 e. The van der Waals surface area contributed by atoms with E-state index in [9.17, 15) is 20.1 Å². The summed E-state index contributed by atoms with van der Waals surface area (Å²) in [7, 11) is 0. The molecule has 3 N–H and O–H groups in total. The summed E-state index contributed by atoms with van der Waals surface area (Å²) < 4.78 is 0. The molecular formula is C15H14O4. The van der Waals surface area contributed by atoms with Gasteiger partial charge < -0.3 is 15.3 Å². The quantitative estimate of drug-likeness (QED) is 0.787. The molecule has 4 nitrogen and oxygen atoms in total. The van der Waals surface area contributed by atoms with Crippen LogP contribution in [0.1, 0.15) is 17.0 Å². The van der Waals surface area contributed by atoms with Gasteiger partial charge in [-0.1, -0.05) is 30.3 Å². The van der Waals surface area contributed by atoms with Crippen LogP contribution < -0.4 is 0 Å². The molecule has 0 aliphatic heterocycles. The lowest BCUT2D eigenvalue weighted by molar-refractivity contribution is -0.138. The molecule has 2 aromatic rings. The number of carboxylic acid groups (broad SMARTS) is 1. The maximum atomic E-state index is 11.4. The SMILES string of the molecule is O=C(O)C(Cc1ccccc1O)c1cccc(O)c1. The maximum absolute atomic E-state index is 11.4. The van der Waals surface area contributed by atoms with E-state index in [0.29, 0.717) is 11.1 Å². The summed E-state index contributed by atoms with van der Waals surface area (Å²) in [5.41, 5.74) is 1.08. The van der Waals surface area contributed by atoms with Crippen molar-refractivity contribution in [3.63, 3.8) is 0 Å². The first kappa shape index (κ1) is 13.0. The molecule has 0 aliphatic carbocycles. The van der Waals surface area contributed by atoms with E-state index in [2.05, 4.69) is 0 Å². The predicted molar refractivity (Wildman–Crippen MR) is 70.3 cm³/mol. The van der Waals surface area contributed by atoms with Crippen LogP contribution in [-0.2, 0) is 11.2 Å². The number of aliphatic carboxylic acids is 1. The third kappa shape index (κ3) is 3.04. The van der Waals surface area contributed by atoms with Gasteiger partial charge in [0.25, 0.3) is 0 Å². The topological polar surface area (TPSA) is 77.8 Å². The first-order valence-electron chi connectivity index (χ1n) is 5.86. The van der Waals surface area contributed by atoms with Gasteiger partial charge in [0, 0.05) is 0 Å². The van der Waals surface area contributed by atoms with Gasteiger partial charge in [0.15, 0.2) is 0 Å². The van der Waals surface area contributed by atoms with Gasteiger partial charge in [-0.15, -0.1) is 0 Å². The molecule has 4 heteroatoms. The second kappa shape index (κ2) is 5.44. The monoisotopic (exact) mass is 258 g/mol. The Morgan fingerprint density at radius 3 is 2.42 bits per heavy atom. The van der Waals surface area contributed by atoms with E-state index in [1.165, 1.54) is 18.2 Å². The molecule has 1 atom stereocenters. The van der Waals surface area contributed by atoms with E-state index >= 15 is 0 Å². The number of phenolic OH excluding ortho intramolecular Hbond substituents is 2. The standard InChI is InChI=1S/C15H14O4/c16-12-6-3-5-10(8-12)13(15(18)19)9-11-4-1-2-7-14(11)17/h1-8,13,16-17H,9H2,(H,18,19). The van der Waals surface area contributed by atoms with Gasteiger partial charge in [-0.25, -0.2) is 0 Å². The number of aromatic hydroxyl groups is 2. The number of hydrogen-bond acceptors (Lipinski definition) is 3. The highest BCUT2D eigenvalue weighted by Crippen LogP contribution is 2.27. The number of carbonyl (C=O) groups is 1. The van der Waals surface area contributed by atoms with Gasteiger partial charge in [-0.2, -0.15) is 0 Å². The Morgan fingerprint density at radius 1 is 1.05 bits per heavy atom. The van der Waals surface area contributed by atoms with Gasteiger partial charge in [-0.05, 0) is 35.7 Å². The second-order valence-electron chi connectivity index (χ2n) is 4.32. The van der Waals surface area contributed by atoms with Crippen molar-refractivity contribution in [3.8, 4) is 11.5 Å². The van der Waals surface area contributed by atoms with Crippen molar-refractivity contribution in [2.24, 2.45) is 0 Å². The lowest BCUT2D eigenvalue weighted by Gasteiger charge is -2.14. The molecule has 0 fully saturated rings. The van der Waals surface area contributed by atoms with E-state index < -0.39 is 11.9 Å². The number of benzene rings is 2. The molecule has 0 bridgehead atoms. The van der Waals surface area contributed by atoms with Crippen LogP contribution in [0.25, 0.3) is 0 Å². The fraction of sp³-hybridized carbons (Fsp3) is 0.133. The number of carboxylic acids is 1. The number of rotatable bonds is 4. The molecule has 19 heavy (non-hydrogen) atoms. The van der Waals surface area contributed by atoms with Crippen LogP contribution in [0.3, 0.4) is 0 Å². The Kier molecular flexibility index (Phi) is 3.71. The molecule has 0 aromatic heterocycles. The zero-order chi connectivity index (χ0) is 13.8. The minimum Gasteiger partial charge on any atom is -0.508 e. The number of phenols is 2. The molecule has 0 saturated carbocycles. The minimum absolute atomic E-state index is 0.0287. The van der Waals surface area contributed by atoms with Gasteiger partial charge >= 0.3 is 5.97 Å². The van der Waals surface area contributed by atoms with Crippen molar-refractivity contribution < 1.29 is 20.1 Å². The van der Waals surface area contributed by atoms with Crippen LogP contribution in [-0.4, -0.2) is 21.3 Å². The predicted octanol–water partition coefficient (Wildman–Crippen LogP) is 2.51. The molecule has 0 heterocycles. The minimum atomic E-state index is -0.992. The average molecular weight is 258 g/mol. The lowest BCUT2D eigenvalue weighted by Crippen LogP contribution is -2.14. The third-order valence-electron chi connectivity index (χ3n) is 2.99. The summed E-state index contributed by atoms with van der Waals surface area (Å²) in [6, 6.07) is 12.8. The van der Waals surface area contributed by atoms with Crippen molar-refractivity contribution in [2.75, 3.05) is 0 Å². The molecule has 1 unspecified atom stereocenters. The summed E-state index contributed by atoms with van der Waals surface area (Å²) in [5.74, 6) is -1.69. The van der Waals surface area contributed by atoms with Crippen LogP contribution >= 0.6 is 0 Å². The van der Waals surface area contributed by atoms with E-state index in [4.69, 9.17) is 0 Å². The molecule has 98 valence electrons. The van der Waals surface area contributed by atoms with Crippen molar-refractivity contribution in [1.82, 2.24) is 0 Å². The Balaban J connectivity index is 2.32. The Bertz CT molecular complexity index is 592. The molecule has 2 aromatic carbocycles. The van der Waals surface area contributed by atoms with Gasteiger partial charge in [0.05, 0.1) is 5.92 Å². The summed E-state index contributed by atoms with van der Waals surface area (Å²) in [5, 5.41) is 28.4. The highest BCUT2D eigenvalue weighted by Gasteiger charge is 2.21. The molecule has 0 saturated heterocycles. The number of hydrogen-bond donors (Lipinski definition) is 3. The smallest absolute Gasteiger partial charge is 0.311 e. The second-order valence-corrected chi connectivity index (χ2v) is 4.32. The maximum Gasteiger partial charge on any atom is 0.311 e. The van der Waals surface area contributed by atoms with Crippen LogP contribution in [0, 0.1) is 0 Å². The number of para-hydroxylation sites is 1.